The number of sulfonamides is 1. The second-order valence-corrected chi connectivity index (χ2v) is 6.69. The van der Waals surface area contributed by atoms with Gasteiger partial charge in [0.2, 0.25) is 0 Å². The summed E-state index contributed by atoms with van der Waals surface area (Å²) in [4.78, 5) is 21.6. The Balaban J connectivity index is 2.45. The summed E-state index contributed by atoms with van der Waals surface area (Å²) in [5.41, 5.74) is -0.361. The van der Waals surface area contributed by atoms with Crippen molar-refractivity contribution in [3.05, 3.63) is 63.2 Å². The fourth-order valence-electron chi connectivity index (χ4n) is 1.91. The molecule has 2 aromatic carbocycles. The van der Waals surface area contributed by atoms with Crippen molar-refractivity contribution < 1.29 is 18.1 Å². The van der Waals surface area contributed by atoms with Crippen molar-refractivity contribution in [3.8, 4) is 0 Å². The number of para-hydroxylation sites is 1. The van der Waals surface area contributed by atoms with Gasteiger partial charge in [0.25, 0.3) is 21.6 Å². The molecule has 0 aliphatic heterocycles. The molecule has 1 amide bonds. The van der Waals surface area contributed by atoms with Crippen LogP contribution in [-0.4, -0.2) is 26.3 Å². The minimum atomic E-state index is -4.14. The molecule has 24 heavy (non-hydrogen) atoms. The highest BCUT2D eigenvalue weighted by Crippen LogP contribution is 2.28. The SMILES string of the molecule is CNC(=O)c1ccccc1NS(=O)(=O)c1ccc(Cl)c([N+](=O)[O-])c1. The van der Waals surface area contributed by atoms with Gasteiger partial charge >= 0.3 is 0 Å². The van der Waals surface area contributed by atoms with Crippen LogP contribution in [0.2, 0.25) is 5.02 Å². The summed E-state index contributed by atoms with van der Waals surface area (Å²) >= 11 is 5.68. The maximum atomic E-state index is 12.4. The predicted octanol–water partition coefficient (Wildman–Crippen LogP) is 2.41. The number of carbonyl (C=O) groups is 1. The average Bonchev–Trinajstić information content (AvgIpc) is 2.54. The topological polar surface area (TPSA) is 118 Å². The van der Waals surface area contributed by atoms with Crippen molar-refractivity contribution in [1.29, 1.82) is 0 Å². The van der Waals surface area contributed by atoms with Crippen molar-refractivity contribution in [1.82, 2.24) is 5.32 Å². The zero-order valence-electron chi connectivity index (χ0n) is 12.3. The van der Waals surface area contributed by atoms with E-state index in [0.29, 0.717) is 0 Å². The number of nitrogens with one attached hydrogen (secondary N) is 2. The van der Waals surface area contributed by atoms with E-state index >= 15 is 0 Å². The van der Waals surface area contributed by atoms with E-state index in [-0.39, 0.29) is 21.2 Å². The zero-order valence-corrected chi connectivity index (χ0v) is 13.9. The van der Waals surface area contributed by atoms with Gasteiger partial charge in [-0.2, -0.15) is 0 Å². The lowest BCUT2D eigenvalue weighted by Gasteiger charge is -2.12. The third-order valence-corrected chi connectivity index (χ3v) is 4.75. The fourth-order valence-corrected chi connectivity index (χ4v) is 3.19. The van der Waals surface area contributed by atoms with Crippen molar-refractivity contribution in [2.45, 2.75) is 4.90 Å². The quantitative estimate of drug-likeness (QED) is 0.619. The van der Waals surface area contributed by atoms with Gasteiger partial charge < -0.3 is 5.32 Å². The zero-order chi connectivity index (χ0) is 17.9. The molecule has 0 aromatic heterocycles. The smallest absolute Gasteiger partial charge is 0.289 e. The van der Waals surface area contributed by atoms with Crippen LogP contribution in [0.15, 0.2) is 47.4 Å². The number of nitrogens with zero attached hydrogens (tertiary/aromatic N) is 1. The first-order valence-electron chi connectivity index (χ1n) is 6.54. The summed E-state index contributed by atoms with van der Waals surface area (Å²) < 4.78 is 27.1. The van der Waals surface area contributed by atoms with E-state index in [4.69, 9.17) is 11.6 Å². The number of hydrogen-bond donors (Lipinski definition) is 2. The van der Waals surface area contributed by atoms with Crippen molar-refractivity contribution in [2.24, 2.45) is 0 Å². The normalized spacial score (nSPS) is 10.9. The molecule has 0 atom stereocenters. The molecule has 0 unspecified atom stereocenters. The molecule has 2 N–H and O–H groups in total. The lowest BCUT2D eigenvalue weighted by atomic mass is 10.2. The van der Waals surface area contributed by atoms with Crippen LogP contribution in [0, 0.1) is 10.1 Å². The number of amides is 1. The third kappa shape index (κ3) is 3.63. The number of hydrogen-bond acceptors (Lipinski definition) is 5. The Bertz CT molecular complexity index is 914. The van der Waals surface area contributed by atoms with Crippen LogP contribution < -0.4 is 10.0 Å². The van der Waals surface area contributed by atoms with Crippen LogP contribution >= 0.6 is 11.6 Å². The molecule has 10 heteroatoms. The monoisotopic (exact) mass is 369 g/mol. The van der Waals surface area contributed by atoms with Gasteiger partial charge in [0, 0.05) is 13.1 Å². The molecule has 2 rings (SSSR count). The molecule has 0 radical (unpaired) electrons. The minimum Gasteiger partial charge on any atom is -0.355 e. The van der Waals surface area contributed by atoms with Crippen molar-refractivity contribution >= 4 is 38.9 Å². The molecule has 0 heterocycles. The summed E-state index contributed by atoms with van der Waals surface area (Å²) in [6, 6.07) is 9.10. The second-order valence-electron chi connectivity index (χ2n) is 4.60. The molecular weight excluding hydrogens is 358 g/mol. The Morgan fingerprint density at radius 1 is 1.21 bits per heavy atom. The van der Waals surface area contributed by atoms with E-state index in [1.54, 1.807) is 12.1 Å². The number of rotatable bonds is 5. The van der Waals surface area contributed by atoms with Crippen LogP contribution in [-0.2, 0) is 10.0 Å². The highest BCUT2D eigenvalue weighted by Gasteiger charge is 2.22. The fraction of sp³-hybridized carbons (Fsp3) is 0.0714. The molecule has 2 aromatic rings. The first kappa shape index (κ1) is 17.7. The number of carbonyl (C=O) groups excluding carboxylic acids is 1. The molecule has 0 spiro atoms. The Labute approximate surface area is 142 Å². The molecule has 0 saturated carbocycles. The van der Waals surface area contributed by atoms with Crippen LogP contribution in [0.5, 0.6) is 0 Å². The molecule has 0 bridgehead atoms. The average molecular weight is 370 g/mol. The van der Waals surface area contributed by atoms with Gasteiger partial charge in [0.05, 0.1) is 21.1 Å². The maximum Gasteiger partial charge on any atom is 0.289 e. The highest BCUT2D eigenvalue weighted by atomic mass is 35.5. The van der Waals surface area contributed by atoms with Crippen LogP contribution in [0.1, 0.15) is 10.4 Å². The summed E-state index contributed by atoms with van der Waals surface area (Å²) in [7, 11) is -2.73. The standard InChI is InChI=1S/C14H12ClN3O5S/c1-16-14(19)10-4-2-3-5-12(10)17-24(22,23)9-6-7-11(15)13(8-9)18(20)21/h2-8,17H,1H3,(H,16,19). The van der Waals surface area contributed by atoms with Crippen molar-refractivity contribution in [2.75, 3.05) is 11.8 Å². The van der Waals surface area contributed by atoms with Crippen LogP contribution in [0.4, 0.5) is 11.4 Å². The van der Waals surface area contributed by atoms with Gasteiger partial charge in [-0.3, -0.25) is 19.6 Å². The van der Waals surface area contributed by atoms with E-state index in [9.17, 15) is 23.3 Å². The largest absolute Gasteiger partial charge is 0.355 e. The molecule has 126 valence electrons. The predicted molar refractivity (Wildman–Crippen MR) is 88.7 cm³/mol. The highest BCUT2D eigenvalue weighted by molar-refractivity contribution is 7.92. The molecule has 0 aliphatic carbocycles. The number of nitro groups is 1. The maximum absolute atomic E-state index is 12.4. The van der Waals surface area contributed by atoms with E-state index in [1.165, 1.54) is 19.2 Å². The van der Waals surface area contributed by atoms with Gasteiger partial charge in [-0.05, 0) is 24.3 Å². The van der Waals surface area contributed by atoms with Crippen molar-refractivity contribution in [3.63, 3.8) is 0 Å². The Hall–Kier alpha value is -2.65. The van der Waals surface area contributed by atoms with Gasteiger partial charge in [-0.1, -0.05) is 23.7 Å². The summed E-state index contributed by atoms with van der Waals surface area (Å²) in [6.07, 6.45) is 0. The van der Waals surface area contributed by atoms with Crippen LogP contribution in [0.25, 0.3) is 0 Å². The van der Waals surface area contributed by atoms with Crippen LogP contribution in [0.3, 0.4) is 0 Å². The van der Waals surface area contributed by atoms with E-state index in [2.05, 4.69) is 10.0 Å². The number of anilines is 1. The summed E-state index contributed by atoms with van der Waals surface area (Å²) in [5.74, 6) is -0.476. The summed E-state index contributed by atoms with van der Waals surface area (Å²) in [5, 5.41) is 13.1. The third-order valence-electron chi connectivity index (χ3n) is 3.07. The Morgan fingerprint density at radius 2 is 1.88 bits per heavy atom. The molecule has 8 nitrogen and oxygen atoms in total. The Morgan fingerprint density at radius 3 is 2.50 bits per heavy atom. The summed E-state index contributed by atoms with van der Waals surface area (Å²) in [6.45, 7) is 0. The first-order valence-corrected chi connectivity index (χ1v) is 8.40. The number of benzene rings is 2. The molecule has 0 aliphatic rings. The number of nitro benzene ring substituents is 1. The van der Waals surface area contributed by atoms with E-state index < -0.39 is 26.5 Å². The van der Waals surface area contributed by atoms with Gasteiger partial charge in [0.15, 0.2) is 0 Å². The van der Waals surface area contributed by atoms with E-state index in [0.717, 1.165) is 18.2 Å². The minimum absolute atomic E-state index is 0.0504. The number of halogens is 1. The van der Waals surface area contributed by atoms with E-state index in [1.807, 2.05) is 0 Å². The molecule has 0 saturated heterocycles. The molecular formula is C14H12ClN3O5S. The first-order chi connectivity index (χ1) is 11.3. The van der Waals surface area contributed by atoms with Gasteiger partial charge in [-0.25, -0.2) is 8.42 Å². The Kier molecular flexibility index (Phi) is 5.05. The lowest BCUT2D eigenvalue weighted by Crippen LogP contribution is -2.21. The van der Waals surface area contributed by atoms with Gasteiger partial charge in [-0.15, -0.1) is 0 Å². The second kappa shape index (κ2) is 6.85. The molecule has 0 fully saturated rings. The lowest BCUT2D eigenvalue weighted by molar-refractivity contribution is -0.384. The van der Waals surface area contributed by atoms with Gasteiger partial charge in [0.1, 0.15) is 5.02 Å².